The molecule has 2 heterocycles. The molecule has 0 spiro atoms. The second kappa shape index (κ2) is 7.31. The van der Waals surface area contributed by atoms with Crippen LogP contribution in [0.1, 0.15) is 52.9 Å². The van der Waals surface area contributed by atoms with Gasteiger partial charge in [-0.3, -0.25) is 4.79 Å². The number of hydrogen-bond acceptors (Lipinski definition) is 3. The summed E-state index contributed by atoms with van der Waals surface area (Å²) in [7, 11) is 1.49. The van der Waals surface area contributed by atoms with Gasteiger partial charge in [-0.05, 0) is 35.2 Å². The van der Waals surface area contributed by atoms with Crippen molar-refractivity contribution in [3.63, 3.8) is 0 Å². The van der Waals surface area contributed by atoms with Crippen LogP contribution in [0, 0.1) is 5.41 Å². The lowest BCUT2D eigenvalue weighted by Gasteiger charge is -2.18. The number of benzene rings is 1. The molecule has 0 saturated heterocycles. The highest BCUT2D eigenvalue weighted by molar-refractivity contribution is 6.00. The molecule has 0 unspecified atom stereocenters. The van der Waals surface area contributed by atoms with E-state index >= 15 is 0 Å². The second-order valence-corrected chi connectivity index (χ2v) is 7.68. The Bertz CT molecular complexity index is 1090. The van der Waals surface area contributed by atoms with Crippen LogP contribution < -0.4 is 5.32 Å². The Morgan fingerprint density at radius 3 is 2.50 bits per heavy atom. The minimum atomic E-state index is -1.11. The molecule has 0 bridgehead atoms. The first-order valence-electron chi connectivity index (χ1n) is 8.97. The first-order valence-corrected chi connectivity index (χ1v) is 8.97. The number of nitrogens with one attached hydrogen (secondary N) is 2. The molecule has 0 atom stereocenters. The van der Waals surface area contributed by atoms with E-state index < -0.39 is 11.9 Å². The number of nitrogens with zero attached hydrogens (tertiary/aromatic N) is 1. The van der Waals surface area contributed by atoms with Crippen LogP contribution in [0.15, 0.2) is 48.7 Å². The van der Waals surface area contributed by atoms with Crippen LogP contribution in [0.2, 0.25) is 0 Å². The van der Waals surface area contributed by atoms with Gasteiger partial charge in [0.15, 0.2) is 0 Å². The average Bonchev–Trinajstić information content (AvgIpc) is 3.13. The number of carbonyl (C=O) groups excluding carboxylic acids is 1. The first-order chi connectivity index (χ1) is 13.2. The Hall–Kier alpha value is -3.41. The summed E-state index contributed by atoms with van der Waals surface area (Å²) in [6.07, 6.45) is 3.91. The minimum Gasteiger partial charge on any atom is -0.478 e. The fourth-order valence-corrected chi connectivity index (χ4v) is 3.08. The maximum Gasteiger partial charge on any atom is 0.335 e. The van der Waals surface area contributed by atoms with Gasteiger partial charge in [-0.25, -0.2) is 9.78 Å². The molecule has 2 aromatic heterocycles. The molecular weight excluding hydrogens is 354 g/mol. The molecule has 0 aliphatic heterocycles. The van der Waals surface area contributed by atoms with E-state index in [1.165, 1.54) is 19.2 Å². The molecule has 6 nitrogen and oxygen atoms in total. The zero-order chi connectivity index (χ0) is 20.5. The Balaban J connectivity index is 2.32. The molecule has 28 heavy (non-hydrogen) atoms. The summed E-state index contributed by atoms with van der Waals surface area (Å²) in [6, 6.07) is 10.7. The van der Waals surface area contributed by atoms with Gasteiger partial charge in [0.2, 0.25) is 0 Å². The summed E-state index contributed by atoms with van der Waals surface area (Å²) in [5.41, 5.74) is 3.02. The number of aromatic nitrogens is 2. The maximum atomic E-state index is 12.2. The van der Waals surface area contributed by atoms with E-state index in [1.54, 1.807) is 0 Å². The fourth-order valence-electron chi connectivity index (χ4n) is 3.08. The number of aromatic carboxylic acids is 1. The standard InChI is InChI=1S/C22H23N3O3/c1-22(2,3)12-16(14-6-5-7-17-15(14)8-9-24-17)18-10-13(21(27)28)11-19(25-18)20(26)23-4/h5-12,24H,1-4H3,(H,23,26)(H,27,28). The van der Waals surface area contributed by atoms with E-state index in [4.69, 9.17) is 0 Å². The highest BCUT2D eigenvalue weighted by Crippen LogP contribution is 2.33. The van der Waals surface area contributed by atoms with Crippen molar-refractivity contribution in [2.45, 2.75) is 20.8 Å². The quantitative estimate of drug-likeness (QED) is 0.638. The van der Waals surface area contributed by atoms with Crippen molar-refractivity contribution in [2.24, 2.45) is 5.41 Å². The molecule has 0 radical (unpaired) electrons. The molecule has 3 N–H and O–H groups in total. The summed E-state index contributed by atoms with van der Waals surface area (Å²) >= 11 is 0. The topological polar surface area (TPSA) is 95.1 Å². The second-order valence-electron chi connectivity index (χ2n) is 7.68. The molecule has 3 aromatic rings. The number of carboxylic acid groups (broad SMARTS) is 1. The third-order valence-corrected chi connectivity index (χ3v) is 4.27. The Labute approximate surface area is 163 Å². The predicted molar refractivity (Wildman–Crippen MR) is 109 cm³/mol. The number of carboxylic acids is 1. The van der Waals surface area contributed by atoms with E-state index in [2.05, 4.69) is 42.1 Å². The number of carbonyl (C=O) groups is 2. The molecule has 1 aromatic carbocycles. The number of pyridine rings is 1. The van der Waals surface area contributed by atoms with Crippen molar-refractivity contribution in [2.75, 3.05) is 7.05 Å². The smallest absolute Gasteiger partial charge is 0.335 e. The van der Waals surface area contributed by atoms with Crippen LogP contribution in [0.4, 0.5) is 0 Å². The highest BCUT2D eigenvalue weighted by Gasteiger charge is 2.20. The van der Waals surface area contributed by atoms with E-state index in [9.17, 15) is 14.7 Å². The molecule has 0 saturated carbocycles. The van der Waals surface area contributed by atoms with E-state index in [1.807, 2.05) is 30.5 Å². The van der Waals surface area contributed by atoms with Crippen molar-refractivity contribution in [1.82, 2.24) is 15.3 Å². The lowest BCUT2D eigenvalue weighted by Crippen LogP contribution is -2.20. The molecule has 3 rings (SSSR count). The van der Waals surface area contributed by atoms with Crippen molar-refractivity contribution >= 4 is 28.4 Å². The number of hydrogen-bond donors (Lipinski definition) is 3. The Morgan fingerprint density at radius 1 is 1.14 bits per heavy atom. The molecule has 6 heteroatoms. The van der Waals surface area contributed by atoms with Crippen molar-refractivity contribution < 1.29 is 14.7 Å². The molecule has 0 aliphatic carbocycles. The summed E-state index contributed by atoms with van der Waals surface area (Å²) in [6.45, 7) is 6.18. The lowest BCUT2D eigenvalue weighted by atomic mass is 9.88. The van der Waals surface area contributed by atoms with Gasteiger partial charge in [-0.2, -0.15) is 0 Å². The lowest BCUT2D eigenvalue weighted by molar-refractivity contribution is 0.0696. The monoisotopic (exact) mass is 377 g/mol. The normalized spacial score (nSPS) is 12.2. The van der Waals surface area contributed by atoms with Gasteiger partial charge < -0.3 is 15.4 Å². The van der Waals surface area contributed by atoms with Crippen molar-refractivity contribution in [3.05, 3.63) is 71.2 Å². The van der Waals surface area contributed by atoms with Gasteiger partial charge in [-0.1, -0.05) is 39.0 Å². The van der Waals surface area contributed by atoms with Crippen LogP contribution >= 0.6 is 0 Å². The number of fused-ring (bicyclic) bond motifs is 1. The summed E-state index contributed by atoms with van der Waals surface area (Å²) in [5.74, 6) is -1.54. The van der Waals surface area contributed by atoms with Gasteiger partial charge in [0.25, 0.3) is 5.91 Å². The number of amides is 1. The molecular formula is C22H23N3O3. The zero-order valence-electron chi connectivity index (χ0n) is 16.3. The summed E-state index contributed by atoms with van der Waals surface area (Å²) in [4.78, 5) is 31.5. The average molecular weight is 377 g/mol. The molecule has 0 fully saturated rings. The van der Waals surface area contributed by atoms with Crippen LogP contribution in [0.3, 0.4) is 0 Å². The number of aromatic amines is 1. The van der Waals surface area contributed by atoms with Gasteiger partial charge in [-0.15, -0.1) is 0 Å². The highest BCUT2D eigenvalue weighted by atomic mass is 16.4. The van der Waals surface area contributed by atoms with Crippen LogP contribution in [0.25, 0.3) is 16.5 Å². The first kappa shape index (κ1) is 19.4. The van der Waals surface area contributed by atoms with Crippen molar-refractivity contribution in [1.29, 1.82) is 0 Å². The predicted octanol–water partition coefficient (Wildman–Crippen LogP) is 4.10. The van der Waals surface area contributed by atoms with Crippen LogP contribution in [-0.2, 0) is 0 Å². The Kier molecular flexibility index (Phi) is 5.05. The van der Waals surface area contributed by atoms with Gasteiger partial charge in [0, 0.05) is 29.7 Å². The molecule has 0 aliphatic rings. The number of rotatable bonds is 4. The van der Waals surface area contributed by atoms with Crippen LogP contribution in [0.5, 0.6) is 0 Å². The van der Waals surface area contributed by atoms with E-state index in [0.29, 0.717) is 5.69 Å². The SMILES string of the molecule is CNC(=O)c1cc(C(=O)O)cc(C(=CC(C)(C)C)c2cccc3[nH]ccc23)n1. The third-order valence-electron chi connectivity index (χ3n) is 4.27. The van der Waals surface area contributed by atoms with E-state index in [-0.39, 0.29) is 16.7 Å². The van der Waals surface area contributed by atoms with Gasteiger partial charge in [0.1, 0.15) is 5.69 Å². The third kappa shape index (κ3) is 3.96. The largest absolute Gasteiger partial charge is 0.478 e. The molecule has 1 amide bonds. The summed E-state index contributed by atoms with van der Waals surface area (Å²) < 4.78 is 0. The van der Waals surface area contributed by atoms with Gasteiger partial charge in [0.05, 0.1) is 11.3 Å². The van der Waals surface area contributed by atoms with Gasteiger partial charge >= 0.3 is 5.97 Å². The number of H-pyrrole nitrogens is 1. The molecule has 144 valence electrons. The zero-order valence-corrected chi connectivity index (χ0v) is 16.3. The van der Waals surface area contributed by atoms with E-state index in [0.717, 1.165) is 22.0 Å². The minimum absolute atomic E-state index is 0.0182. The van der Waals surface area contributed by atoms with Crippen molar-refractivity contribution in [3.8, 4) is 0 Å². The van der Waals surface area contributed by atoms with Crippen LogP contribution in [-0.4, -0.2) is 34.0 Å². The fraction of sp³-hybridized carbons (Fsp3) is 0.227. The maximum absolute atomic E-state index is 12.2. The summed E-state index contributed by atoms with van der Waals surface area (Å²) in [5, 5.41) is 13.0. The Morgan fingerprint density at radius 2 is 1.86 bits per heavy atom. The number of allylic oxidation sites excluding steroid dienone is 1.